The van der Waals surface area contributed by atoms with E-state index in [1.54, 1.807) is 17.3 Å². The zero-order valence-electron chi connectivity index (χ0n) is 15.1. The molecule has 0 spiro atoms. The molecule has 1 amide bonds. The highest BCUT2D eigenvalue weighted by atomic mass is 16.2. The summed E-state index contributed by atoms with van der Waals surface area (Å²) in [5, 5.41) is 3.30. The van der Waals surface area contributed by atoms with Crippen molar-refractivity contribution in [2.24, 2.45) is 0 Å². The second-order valence-electron chi connectivity index (χ2n) is 6.47. The molecule has 0 unspecified atom stereocenters. The highest BCUT2D eigenvalue weighted by Crippen LogP contribution is 2.21. The Balaban J connectivity index is 1.92. The predicted molar refractivity (Wildman–Crippen MR) is 106 cm³/mol. The number of benzene rings is 2. The maximum Gasteiger partial charge on any atom is 0.260 e. The zero-order chi connectivity index (χ0) is 18.4. The molecule has 0 saturated heterocycles. The van der Waals surface area contributed by atoms with Crippen molar-refractivity contribution in [2.75, 3.05) is 10.2 Å². The molecule has 3 rings (SSSR count). The van der Waals surface area contributed by atoms with Gasteiger partial charge in [0.25, 0.3) is 5.91 Å². The molecule has 4 heteroatoms. The molecule has 0 fully saturated rings. The number of nitrogens with one attached hydrogen (secondary N) is 1. The Morgan fingerprint density at radius 1 is 1.00 bits per heavy atom. The number of rotatable bonds is 6. The van der Waals surface area contributed by atoms with Gasteiger partial charge in [0, 0.05) is 24.1 Å². The third kappa shape index (κ3) is 4.48. The van der Waals surface area contributed by atoms with Crippen LogP contribution in [0.3, 0.4) is 0 Å². The molecule has 0 aliphatic heterocycles. The number of aromatic nitrogens is 1. The van der Waals surface area contributed by atoms with Crippen LogP contribution in [0.15, 0.2) is 79.1 Å². The molecule has 0 aliphatic carbocycles. The summed E-state index contributed by atoms with van der Waals surface area (Å²) < 4.78 is 0. The van der Waals surface area contributed by atoms with Gasteiger partial charge in [0.2, 0.25) is 0 Å². The first-order valence-corrected chi connectivity index (χ1v) is 8.76. The summed E-state index contributed by atoms with van der Waals surface area (Å²) in [6.07, 6.45) is 3.36. The number of hydrogen-bond acceptors (Lipinski definition) is 3. The molecule has 2 aromatic carbocycles. The quantitative estimate of drug-likeness (QED) is 0.701. The van der Waals surface area contributed by atoms with Gasteiger partial charge in [-0.3, -0.25) is 9.78 Å². The fourth-order valence-electron chi connectivity index (χ4n) is 2.78. The van der Waals surface area contributed by atoms with Crippen molar-refractivity contribution in [1.82, 2.24) is 4.98 Å². The Hall–Kier alpha value is -3.14. The lowest BCUT2D eigenvalue weighted by Crippen LogP contribution is -2.30. The van der Waals surface area contributed by atoms with Crippen LogP contribution >= 0.6 is 0 Å². The fourth-order valence-corrected chi connectivity index (χ4v) is 2.78. The van der Waals surface area contributed by atoms with E-state index in [1.807, 2.05) is 66.7 Å². The lowest BCUT2D eigenvalue weighted by atomic mass is 10.1. The van der Waals surface area contributed by atoms with Gasteiger partial charge in [0.05, 0.1) is 17.8 Å². The largest absolute Gasteiger partial charge is 0.382 e. The Morgan fingerprint density at radius 2 is 1.65 bits per heavy atom. The van der Waals surface area contributed by atoms with Gasteiger partial charge in [-0.1, -0.05) is 48.5 Å². The minimum atomic E-state index is -0.0695. The van der Waals surface area contributed by atoms with Crippen LogP contribution in [0.4, 0.5) is 11.4 Å². The third-order valence-corrected chi connectivity index (χ3v) is 3.94. The van der Waals surface area contributed by atoms with E-state index >= 15 is 0 Å². The monoisotopic (exact) mass is 345 g/mol. The van der Waals surface area contributed by atoms with E-state index in [1.165, 1.54) is 0 Å². The summed E-state index contributed by atoms with van der Waals surface area (Å²) in [6.45, 7) is 4.62. The normalized spacial score (nSPS) is 10.6. The molecule has 0 saturated carbocycles. The standard InChI is InChI=1S/C22H23N3O/c1-17(2)24-20-13-19(14-23-15-20)22(26)25(21-11-7-4-8-12-21)16-18-9-5-3-6-10-18/h3-15,17,24H,16H2,1-2H3. The average molecular weight is 345 g/mol. The molecule has 0 radical (unpaired) electrons. The smallest absolute Gasteiger partial charge is 0.260 e. The van der Waals surface area contributed by atoms with Crippen LogP contribution in [0.1, 0.15) is 29.8 Å². The van der Waals surface area contributed by atoms with Crippen LogP contribution in [0.2, 0.25) is 0 Å². The minimum absolute atomic E-state index is 0.0695. The first-order valence-electron chi connectivity index (χ1n) is 8.76. The van der Waals surface area contributed by atoms with Crippen molar-refractivity contribution in [1.29, 1.82) is 0 Å². The molecule has 26 heavy (non-hydrogen) atoms. The second kappa shape index (κ2) is 8.30. The van der Waals surface area contributed by atoms with E-state index in [0.29, 0.717) is 12.1 Å². The van der Waals surface area contributed by atoms with E-state index in [4.69, 9.17) is 0 Å². The summed E-state index contributed by atoms with van der Waals surface area (Å²) in [4.78, 5) is 19.3. The Bertz CT molecular complexity index is 848. The molecule has 1 aromatic heterocycles. The summed E-state index contributed by atoms with van der Waals surface area (Å²) >= 11 is 0. The predicted octanol–water partition coefficient (Wildman–Crippen LogP) is 4.75. The van der Waals surface area contributed by atoms with Crippen LogP contribution in [0, 0.1) is 0 Å². The van der Waals surface area contributed by atoms with Gasteiger partial charge in [-0.2, -0.15) is 0 Å². The Labute approximate surface area is 154 Å². The van der Waals surface area contributed by atoms with E-state index < -0.39 is 0 Å². The van der Waals surface area contributed by atoms with Crippen molar-refractivity contribution in [3.05, 3.63) is 90.3 Å². The molecule has 4 nitrogen and oxygen atoms in total. The van der Waals surface area contributed by atoms with E-state index in [0.717, 1.165) is 16.9 Å². The van der Waals surface area contributed by atoms with Crippen molar-refractivity contribution in [3.63, 3.8) is 0 Å². The molecule has 3 aromatic rings. The fraction of sp³-hybridized carbons (Fsp3) is 0.182. The highest BCUT2D eigenvalue weighted by molar-refractivity contribution is 6.06. The van der Waals surface area contributed by atoms with E-state index in [-0.39, 0.29) is 11.9 Å². The Morgan fingerprint density at radius 3 is 2.31 bits per heavy atom. The van der Waals surface area contributed by atoms with Crippen LogP contribution in [-0.4, -0.2) is 16.9 Å². The summed E-state index contributed by atoms with van der Waals surface area (Å²) in [7, 11) is 0. The average Bonchev–Trinajstić information content (AvgIpc) is 2.67. The highest BCUT2D eigenvalue weighted by Gasteiger charge is 2.19. The van der Waals surface area contributed by atoms with Gasteiger partial charge < -0.3 is 10.2 Å². The van der Waals surface area contributed by atoms with E-state index in [9.17, 15) is 4.79 Å². The van der Waals surface area contributed by atoms with Gasteiger partial charge in [0.15, 0.2) is 0 Å². The van der Waals surface area contributed by atoms with E-state index in [2.05, 4.69) is 24.1 Å². The molecule has 1 N–H and O–H groups in total. The number of carbonyl (C=O) groups is 1. The van der Waals surface area contributed by atoms with Crippen molar-refractivity contribution < 1.29 is 4.79 Å². The van der Waals surface area contributed by atoms with Crippen molar-refractivity contribution in [3.8, 4) is 0 Å². The first kappa shape index (κ1) is 17.7. The number of carbonyl (C=O) groups excluding carboxylic acids is 1. The summed E-state index contributed by atoms with van der Waals surface area (Å²) in [5.74, 6) is -0.0695. The topological polar surface area (TPSA) is 45.2 Å². The molecule has 132 valence electrons. The number of anilines is 2. The first-order chi connectivity index (χ1) is 12.6. The zero-order valence-corrected chi connectivity index (χ0v) is 15.1. The maximum absolute atomic E-state index is 13.2. The number of nitrogens with zero attached hydrogens (tertiary/aromatic N) is 2. The SMILES string of the molecule is CC(C)Nc1cncc(C(=O)N(Cc2ccccc2)c2ccccc2)c1. The van der Waals surface area contributed by atoms with Crippen LogP contribution in [0.25, 0.3) is 0 Å². The van der Waals surface area contributed by atoms with Gasteiger partial charge in [-0.25, -0.2) is 0 Å². The van der Waals surface area contributed by atoms with Gasteiger partial charge in [-0.15, -0.1) is 0 Å². The van der Waals surface area contributed by atoms with Crippen LogP contribution < -0.4 is 10.2 Å². The summed E-state index contributed by atoms with van der Waals surface area (Å²) in [5.41, 5.74) is 3.35. The number of amides is 1. The minimum Gasteiger partial charge on any atom is -0.382 e. The lowest BCUT2D eigenvalue weighted by Gasteiger charge is -2.23. The number of para-hydroxylation sites is 1. The van der Waals surface area contributed by atoms with Gasteiger partial charge in [-0.05, 0) is 37.6 Å². The lowest BCUT2D eigenvalue weighted by molar-refractivity contribution is 0.0985. The molecule has 0 atom stereocenters. The van der Waals surface area contributed by atoms with Gasteiger partial charge in [0.1, 0.15) is 0 Å². The molecule has 0 aliphatic rings. The molecule has 1 heterocycles. The molecule has 0 bridgehead atoms. The number of hydrogen-bond donors (Lipinski definition) is 1. The molecular weight excluding hydrogens is 322 g/mol. The Kier molecular flexibility index (Phi) is 5.64. The second-order valence-corrected chi connectivity index (χ2v) is 6.47. The maximum atomic E-state index is 13.2. The van der Waals surface area contributed by atoms with Crippen molar-refractivity contribution >= 4 is 17.3 Å². The van der Waals surface area contributed by atoms with Gasteiger partial charge >= 0.3 is 0 Å². The van der Waals surface area contributed by atoms with Crippen LogP contribution in [-0.2, 0) is 6.54 Å². The molecular formula is C22H23N3O. The van der Waals surface area contributed by atoms with Crippen molar-refractivity contribution in [2.45, 2.75) is 26.4 Å². The summed E-state index contributed by atoms with van der Waals surface area (Å²) in [6, 6.07) is 21.9. The third-order valence-electron chi connectivity index (χ3n) is 3.94. The number of pyridine rings is 1. The van der Waals surface area contributed by atoms with Crippen LogP contribution in [0.5, 0.6) is 0 Å².